The molecule has 0 amide bonds. The topological polar surface area (TPSA) is 37.0 Å². The fourth-order valence-corrected chi connectivity index (χ4v) is 2.05. The molecule has 0 aliphatic carbocycles. The Labute approximate surface area is 124 Å². The van der Waals surface area contributed by atoms with Crippen LogP contribution in [0.3, 0.4) is 0 Å². The monoisotopic (exact) mass is 341 g/mol. The highest BCUT2D eigenvalue weighted by molar-refractivity contribution is 9.10. The second-order valence-corrected chi connectivity index (χ2v) is 5.23. The zero-order chi connectivity index (χ0) is 14.7. The number of pyridine rings is 1. The van der Waals surface area contributed by atoms with Gasteiger partial charge in [-0.1, -0.05) is 28.1 Å². The van der Waals surface area contributed by atoms with Crippen molar-refractivity contribution in [3.8, 4) is 0 Å². The zero-order valence-electron chi connectivity index (χ0n) is 11.0. The Morgan fingerprint density at radius 3 is 2.30 bits per heavy atom. The molecule has 1 aromatic heterocycles. The summed E-state index contributed by atoms with van der Waals surface area (Å²) < 4.78 is 28.0. The first-order valence-corrected chi connectivity index (χ1v) is 6.86. The van der Waals surface area contributed by atoms with Gasteiger partial charge in [0.1, 0.15) is 0 Å². The van der Waals surface area contributed by atoms with Gasteiger partial charge in [0.15, 0.2) is 23.3 Å². The molecule has 1 unspecified atom stereocenters. The minimum absolute atomic E-state index is 0.0110. The summed E-state index contributed by atoms with van der Waals surface area (Å²) in [7, 11) is 1.53. The van der Waals surface area contributed by atoms with E-state index in [1.165, 1.54) is 7.05 Å². The van der Waals surface area contributed by atoms with E-state index >= 15 is 0 Å². The third-order valence-electron chi connectivity index (χ3n) is 2.89. The summed E-state index contributed by atoms with van der Waals surface area (Å²) in [5.41, 5.74) is 0.977. The summed E-state index contributed by atoms with van der Waals surface area (Å²) in [6.45, 7) is 1.88. The second kappa shape index (κ2) is 6.17. The molecule has 20 heavy (non-hydrogen) atoms. The summed E-state index contributed by atoms with van der Waals surface area (Å²) >= 11 is 3.36. The number of aromatic nitrogens is 1. The molecule has 0 spiro atoms. The maximum atomic E-state index is 13.7. The van der Waals surface area contributed by atoms with E-state index < -0.39 is 11.6 Å². The van der Waals surface area contributed by atoms with Crippen molar-refractivity contribution in [1.82, 2.24) is 4.98 Å². The Morgan fingerprint density at radius 1 is 1.10 bits per heavy atom. The smallest absolute Gasteiger partial charge is 0.168 e. The fraction of sp³-hybridized carbons (Fsp3) is 0.214. The number of benzene rings is 1. The number of hydrogen-bond donors (Lipinski definition) is 2. The third-order valence-corrected chi connectivity index (χ3v) is 3.42. The summed E-state index contributed by atoms with van der Waals surface area (Å²) in [6, 6.07) is 8.31. The average Bonchev–Trinajstić information content (AvgIpc) is 2.42. The van der Waals surface area contributed by atoms with Crippen molar-refractivity contribution >= 4 is 27.6 Å². The number of nitrogens with one attached hydrogen (secondary N) is 2. The van der Waals surface area contributed by atoms with E-state index in [4.69, 9.17) is 0 Å². The molecule has 1 heterocycles. The summed E-state index contributed by atoms with van der Waals surface area (Å²) in [4.78, 5) is 3.89. The third kappa shape index (κ3) is 3.25. The summed E-state index contributed by atoms with van der Waals surface area (Å²) in [5, 5.41) is 5.52. The van der Waals surface area contributed by atoms with Gasteiger partial charge in [0.05, 0.1) is 6.04 Å². The quantitative estimate of drug-likeness (QED) is 0.868. The predicted molar refractivity (Wildman–Crippen MR) is 79.9 cm³/mol. The van der Waals surface area contributed by atoms with Crippen LogP contribution in [0.2, 0.25) is 0 Å². The molecule has 0 saturated carbocycles. The van der Waals surface area contributed by atoms with Crippen LogP contribution in [0.1, 0.15) is 18.5 Å². The lowest BCUT2D eigenvalue weighted by molar-refractivity contribution is 0.577. The number of anilines is 2. The Balaban J connectivity index is 2.23. The Morgan fingerprint density at radius 2 is 1.70 bits per heavy atom. The van der Waals surface area contributed by atoms with Crippen molar-refractivity contribution in [1.29, 1.82) is 0 Å². The highest BCUT2D eigenvalue weighted by atomic mass is 79.9. The van der Waals surface area contributed by atoms with Crippen LogP contribution in [0, 0.1) is 11.6 Å². The first kappa shape index (κ1) is 14.7. The maximum Gasteiger partial charge on any atom is 0.168 e. The predicted octanol–water partition coefficient (Wildman–Crippen LogP) is 4.34. The molecule has 2 aromatic rings. The van der Waals surface area contributed by atoms with Crippen LogP contribution in [0.25, 0.3) is 0 Å². The molecule has 0 radical (unpaired) electrons. The molecule has 1 aromatic carbocycles. The molecule has 1 atom stereocenters. The van der Waals surface area contributed by atoms with Crippen LogP contribution in [-0.4, -0.2) is 12.0 Å². The van der Waals surface area contributed by atoms with Crippen molar-refractivity contribution in [3.05, 3.63) is 52.0 Å². The van der Waals surface area contributed by atoms with Crippen molar-refractivity contribution in [2.45, 2.75) is 13.0 Å². The van der Waals surface area contributed by atoms with Crippen LogP contribution in [0.4, 0.5) is 20.4 Å². The molecule has 106 valence electrons. The van der Waals surface area contributed by atoms with Gasteiger partial charge in [0.2, 0.25) is 0 Å². The van der Waals surface area contributed by atoms with Crippen molar-refractivity contribution in [3.63, 3.8) is 0 Å². The van der Waals surface area contributed by atoms with Crippen LogP contribution in [0.15, 0.2) is 34.8 Å². The van der Waals surface area contributed by atoms with E-state index in [-0.39, 0.29) is 17.7 Å². The molecule has 2 rings (SSSR count). The van der Waals surface area contributed by atoms with Crippen molar-refractivity contribution in [2.24, 2.45) is 0 Å². The lowest BCUT2D eigenvalue weighted by atomic mass is 10.1. The van der Waals surface area contributed by atoms with E-state index in [0.717, 1.165) is 16.1 Å². The SMILES string of the molecule is CNc1nc(NC(C)c2ccc(Br)cc2)c(F)cc1F. The lowest BCUT2D eigenvalue weighted by Crippen LogP contribution is -2.11. The van der Waals surface area contributed by atoms with Crippen LogP contribution in [-0.2, 0) is 0 Å². The van der Waals surface area contributed by atoms with Crippen molar-refractivity contribution in [2.75, 3.05) is 17.7 Å². The van der Waals surface area contributed by atoms with E-state index in [2.05, 4.69) is 31.5 Å². The first-order chi connectivity index (χ1) is 9.51. The normalized spacial score (nSPS) is 12.1. The standard InChI is InChI=1S/C14H14BrF2N3/c1-8(9-3-5-10(15)6-4-9)19-14-12(17)7-11(16)13(18-2)20-14/h3-8H,1-2H3,(H2,18,19,20). The molecule has 2 N–H and O–H groups in total. The fourth-order valence-electron chi connectivity index (χ4n) is 1.78. The van der Waals surface area contributed by atoms with E-state index in [9.17, 15) is 8.78 Å². The molecule has 0 aliphatic heterocycles. The lowest BCUT2D eigenvalue weighted by Gasteiger charge is -2.16. The second-order valence-electron chi connectivity index (χ2n) is 4.32. The molecule has 0 fully saturated rings. The van der Waals surface area contributed by atoms with Crippen LogP contribution >= 0.6 is 15.9 Å². The van der Waals surface area contributed by atoms with Gasteiger partial charge in [-0.15, -0.1) is 0 Å². The largest absolute Gasteiger partial charge is 0.371 e. The number of rotatable bonds is 4. The van der Waals surface area contributed by atoms with E-state index in [0.29, 0.717) is 0 Å². The average molecular weight is 342 g/mol. The highest BCUT2D eigenvalue weighted by Crippen LogP contribution is 2.24. The Bertz CT molecular complexity index is 602. The van der Waals surface area contributed by atoms with Crippen molar-refractivity contribution < 1.29 is 8.78 Å². The van der Waals surface area contributed by atoms with Gasteiger partial charge in [-0.2, -0.15) is 0 Å². The highest BCUT2D eigenvalue weighted by Gasteiger charge is 2.13. The number of halogens is 3. The number of hydrogen-bond acceptors (Lipinski definition) is 3. The molecular weight excluding hydrogens is 328 g/mol. The van der Waals surface area contributed by atoms with Gasteiger partial charge in [0.25, 0.3) is 0 Å². The van der Waals surface area contributed by atoms with Crippen LogP contribution in [0.5, 0.6) is 0 Å². The van der Waals surface area contributed by atoms with E-state index in [1.54, 1.807) is 0 Å². The van der Waals surface area contributed by atoms with Gasteiger partial charge in [-0.05, 0) is 24.6 Å². The first-order valence-electron chi connectivity index (χ1n) is 6.07. The molecular formula is C14H14BrF2N3. The van der Waals surface area contributed by atoms with Crippen LogP contribution < -0.4 is 10.6 Å². The Kier molecular flexibility index (Phi) is 4.54. The van der Waals surface area contributed by atoms with Gasteiger partial charge in [-0.3, -0.25) is 0 Å². The molecule has 3 nitrogen and oxygen atoms in total. The minimum Gasteiger partial charge on any atom is -0.371 e. The molecule has 6 heteroatoms. The minimum atomic E-state index is -0.717. The van der Waals surface area contributed by atoms with E-state index in [1.807, 2.05) is 31.2 Å². The molecule has 0 aliphatic rings. The summed E-state index contributed by atoms with van der Waals surface area (Å²) in [5.74, 6) is -1.40. The zero-order valence-corrected chi connectivity index (χ0v) is 12.6. The van der Waals surface area contributed by atoms with Gasteiger partial charge >= 0.3 is 0 Å². The van der Waals surface area contributed by atoms with Gasteiger partial charge in [-0.25, -0.2) is 13.8 Å². The number of nitrogens with zero attached hydrogens (tertiary/aromatic N) is 1. The molecule has 0 saturated heterocycles. The molecule has 0 bridgehead atoms. The van der Waals surface area contributed by atoms with Gasteiger partial charge in [0, 0.05) is 17.6 Å². The summed E-state index contributed by atoms with van der Waals surface area (Å²) in [6.07, 6.45) is 0. The van der Waals surface area contributed by atoms with Gasteiger partial charge < -0.3 is 10.6 Å². The Hall–Kier alpha value is -1.69. The maximum absolute atomic E-state index is 13.7.